The summed E-state index contributed by atoms with van der Waals surface area (Å²) in [5.74, 6) is 1.08. The lowest BCUT2D eigenvalue weighted by atomic mass is 10.2. The van der Waals surface area contributed by atoms with Crippen LogP contribution in [0.2, 0.25) is 0 Å². The molecular formula is C13H19N3OS. The summed E-state index contributed by atoms with van der Waals surface area (Å²) in [5, 5.41) is 7.64. The third-order valence-corrected chi connectivity index (χ3v) is 3.52. The van der Waals surface area contributed by atoms with E-state index in [0.29, 0.717) is 0 Å². The van der Waals surface area contributed by atoms with Crippen molar-refractivity contribution >= 4 is 11.3 Å². The Kier molecular flexibility index (Phi) is 5.38. The van der Waals surface area contributed by atoms with Gasteiger partial charge in [0, 0.05) is 32.6 Å². The minimum absolute atomic E-state index is 0.732. The molecule has 0 spiro atoms. The molecule has 0 radical (unpaired) electrons. The number of aryl methyl sites for hydroxylation is 2. The number of aromatic nitrogens is 2. The van der Waals surface area contributed by atoms with Gasteiger partial charge in [0.05, 0.1) is 13.2 Å². The predicted octanol–water partition coefficient (Wildman–Crippen LogP) is 1.92. The van der Waals surface area contributed by atoms with Crippen molar-refractivity contribution in [2.24, 2.45) is 0 Å². The number of ether oxygens (including phenoxy) is 1. The van der Waals surface area contributed by atoms with Crippen molar-refractivity contribution in [3.63, 3.8) is 0 Å². The molecule has 0 amide bonds. The molecule has 2 rings (SSSR count). The van der Waals surface area contributed by atoms with Crippen LogP contribution in [-0.4, -0.2) is 29.8 Å². The van der Waals surface area contributed by atoms with E-state index in [1.54, 1.807) is 18.4 Å². The van der Waals surface area contributed by atoms with Gasteiger partial charge in [-0.15, -0.1) is 0 Å². The molecular weight excluding hydrogens is 246 g/mol. The minimum Gasteiger partial charge on any atom is -0.383 e. The Morgan fingerprint density at radius 1 is 1.50 bits per heavy atom. The second-order valence-corrected chi connectivity index (χ2v) is 4.87. The first-order valence-corrected chi connectivity index (χ1v) is 7.05. The Morgan fingerprint density at radius 3 is 3.22 bits per heavy atom. The van der Waals surface area contributed by atoms with Gasteiger partial charge in [0.25, 0.3) is 0 Å². The molecule has 0 fully saturated rings. The van der Waals surface area contributed by atoms with Gasteiger partial charge in [-0.2, -0.15) is 11.3 Å². The third-order valence-electron chi connectivity index (χ3n) is 2.79. The molecule has 0 aromatic carbocycles. The molecule has 18 heavy (non-hydrogen) atoms. The molecule has 0 saturated heterocycles. The molecule has 4 nitrogen and oxygen atoms in total. The van der Waals surface area contributed by atoms with Gasteiger partial charge in [0.2, 0.25) is 0 Å². The highest BCUT2D eigenvalue weighted by Crippen LogP contribution is 2.08. The summed E-state index contributed by atoms with van der Waals surface area (Å²) in [6.45, 7) is 3.36. The molecule has 0 aliphatic carbocycles. The van der Waals surface area contributed by atoms with Gasteiger partial charge in [-0.25, -0.2) is 4.98 Å². The van der Waals surface area contributed by atoms with Crippen molar-refractivity contribution in [1.82, 2.24) is 14.9 Å². The first kappa shape index (κ1) is 13.3. The lowest BCUT2D eigenvalue weighted by Crippen LogP contribution is -2.21. The van der Waals surface area contributed by atoms with E-state index in [9.17, 15) is 0 Å². The first-order chi connectivity index (χ1) is 8.90. The highest BCUT2D eigenvalue weighted by Gasteiger charge is 2.02. The summed E-state index contributed by atoms with van der Waals surface area (Å²) in [6.07, 6.45) is 4.96. The number of thiophene rings is 1. The van der Waals surface area contributed by atoms with Crippen LogP contribution in [0.4, 0.5) is 0 Å². The normalized spacial score (nSPS) is 10.9. The monoisotopic (exact) mass is 265 g/mol. The smallest absolute Gasteiger partial charge is 0.122 e. The van der Waals surface area contributed by atoms with Crippen molar-refractivity contribution in [2.75, 3.05) is 20.3 Å². The van der Waals surface area contributed by atoms with E-state index < -0.39 is 0 Å². The van der Waals surface area contributed by atoms with E-state index in [-0.39, 0.29) is 0 Å². The Hall–Kier alpha value is -1.17. The van der Waals surface area contributed by atoms with Gasteiger partial charge < -0.3 is 14.6 Å². The largest absolute Gasteiger partial charge is 0.383 e. The number of nitrogens with zero attached hydrogens (tertiary/aromatic N) is 2. The Balaban J connectivity index is 1.79. The molecule has 2 heterocycles. The van der Waals surface area contributed by atoms with Crippen molar-refractivity contribution < 1.29 is 4.74 Å². The van der Waals surface area contributed by atoms with Crippen LogP contribution < -0.4 is 5.32 Å². The average molecular weight is 265 g/mol. The number of methoxy groups -OCH3 is 1. The van der Waals surface area contributed by atoms with E-state index >= 15 is 0 Å². The Labute approximate surface area is 112 Å². The Morgan fingerprint density at radius 2 is 2.44 bits per heavy atom. The fourth-order valence-electron chi connectivity index (χ4n) is 1.77. The second-order valence-electron chi connectivity index (χ2n) is 4.09. The SMILES string of the molecule is COCCNCc1nccn1CCc1ccsc1. The molecule has 2 aromatic heterocycles. The first-order valence-electron chi connectivity index (χ1n) is 6.11. The molecule has 0 saturated carbocycles. The maximum atomic E-state index is 5.00. The highest BCUT2D eigenvalue weighted by molar-refractivity contribution is 7.07. The van der Waals surface area contributed by atoms with Crippen LogP contribution >= 0.6 is 11.3 Å². The summed E-state index contributed by atoms with van der Waals surface area (Å²) >= 11 is 1.75. The van der Waals surface area contributed by atoms with Crippen LogP contribution in [0, 0.1) is 0 Å². The quantitative estimate of drug-likeness (QED) is 0.741. The van der Waals surface area contributed by atoms with E-state index in [1.807, 2.05) is 12.4 Å². The summed E-state index contributed by atoms with van der Waals surface area (Å²) in [7, 11) is 1.71. The second kappa shape index (κ2) is 7.31. The lowest BCUT2D eigenvalue weighted by Gasteiger charge is -2.08. The summed E-state index contributed by atoms with van der Waals surface area (Å²) in [4.78, 5) is 4.38. The van der Waals surface area contributed by atoms with Gasteiger partial charge >= 0.3 is 0 Å². The molecule has 98 valence electrons. The summed E-state index contributed by atoms with van der Waals surface area (Å²) in [6, 6.07) is 2.18. The van der Waals surface area contributed by atoms with Crippen molar-refractivity contribution in [3.05, 3.63) is 40.6 Å². The predicted molar refractivity (Wildman–Crippen MR) is 73.8 cm³/mol. The maximum absolute atomic E-state index is 5.00. The van der Waals surface area contributed by atoms with Crippen LogP contribution in [0.3, 0.4) is 0 Å². The fraction of sp³-hybridized carbons (Fsp3) is 0.462. The molecule has 0 aliphatic rings. The molecule has 0 atom stereocenters. The molecule has 1 N–H and O–H groups in total. The minimum atomic E-state index is 0.732. The zero-order valence-corrected chi connectivity index (χ0v) is 11.4. The average Bonchev–Trinajstić information content (AvgIpc) is 3.03. The van der Waals surface area contributed by atoms with E-state index in [1.165, 1.54) is 5.56 Å². The van der Waals surface area contributed by atoms with Crippen LogP contribution in [0.25, 0.3) is 0 Å². The lowest BCUT2D eigenvalue weighted by molar-refractivity contribution is 0.199. The standard InChI is InChI=1S/C13H19N3OS/c1-17-8-5-14-10-13-15-4-7-16(13)6-2-12-3-9-18-11-12/h3-4,7,9,11,14H,2,5-6,8,10H2,1H3. The van der Waals surface area contributed by atoms with Gasteiger partial charge in [0.1, 0.15) is 5.82 Å². The maximum Gasteiger partial charge on any atom is 0.122 e. The Bertz CT molecular complexity index is 439. The molecule has 0 bridgehead atoms. The molecule has 2 aromatic rings. The van der Waals surface area contributed by atoms with Crippen molar-refractivity contribution in [3.8, 4) is 0 Å². The third kappa shape index (κ3) is 3.94. The van der Waals surface area contributed by atoms with Crippen LogP contribution in [0.15, 0.2) is 29.2 Å². The number of imidazole rings is 1. The van der Waals surface area contributed by atoms with Crippen molar-refractivity contribution in [1.29, 1.82) is 0 Å². The summed E-state index contributed by atoms with van der Waals surface area (Å²) < 4.78 is 7.21. The molecule has 0 unspecified atom stereocenters. The van der Waals surface area contributed by atoms with Crippen molar-refractivity contribution in [2.45, 2.75) is 19.5 Å². The fourth-order valence-corrected chi connectivity index (χ4v) is 2.47. The van der Waals surface area contributed by atoms with E-state index in [0.717, 1.165) is 38.5 Å². The molecule has 0 aliphatic heterocycles. The van der Waals surface area contributed by atoms with E-state index in [4.69, 9.17) is 4.74 Å². The molecule has 5 heteroatoms. The van der Waals surface area contributed by atoms with Gasteiger partial charge in [0.15, 0.2) is 0 Å². The number of rotatable bonds is 8. The number of hydrogen-bond acceptors (Lipinski definition) is 4. The van der Waals surface area contributed by atoms with Gasteiger partial charge in [-0.1, -0.05) is 0 Å². The summed E-state index contributed by atoms with van der Waals surface area (Å²) in [5.41, 5.74) is 1.40. The topological polar surface area (TPSA) is 39.1 Å². The number of nitrogens with one attached hydrogen (secondary N) is 1. The number of hydrogen-bond donors (Lipinski definition) is 1. The van der Waals surface area contributed by atoms with Gasteiger partial charge in [-0.3, -0.25) is 0 Å². The van der Waals surface area contributed by atoms with Gasteiger partial charge in [-0.05, 0) is 28.8 Å². The van der Waals surface area contributed by atoms with Crippen LogP contribution in [0.1, 0.15) is 11.4 Å². The zero-order chi connectivity index (χ0) is 12.6. The highest BCUT2D eigenvalue weighted by atomic mass is 32.1. The zero-order valence-electron chi connectivity index (χ0n) is 10.6. The van der Waals surface area contributed by atoms with Crippen LogP contribution in [0.5, 0.6) is 0 Å². The van der Waals surface area contributed by atoms with Crippen LogP contribution in [-0.2, 0) is 24.2 Å². The van der Waals surface area contributed by atoms with E-state index in [2.05, 4.69) is 31.7 Å².